The molecule has 1 aromatic carbocycles. The zero-order valence-corrected chi connectivity index (χ0v) is 14.4. The van der Waals surface area contributed by atoms with Crippen molar-refractivity contribution < 1.29 is 4.39 Å². The van der Waals surface area contributed by atoms with Gasteiger partial charge in [0.15, 0.2) is 5.82 Å². The quantitative estimate of drug-likeness (QED) is 0.669. The van der Waals surface area contributed by atoms with E-state index < -0.39 is 0 Å². The van der Waals surface area contributed by atoms with Gasteiger partial charge in [0.05, 0.1) is 10.2 Å². The highest BCUT2D eigenvalue weighted by atomic mass is 79.9. The van der Waals surface area contributed by atoms with E-state index in [9.17, 15) is 4.39 Å². The molecule has 1 aliphatic rings. The summed E-state index contributed by atoms with van der Waals surface area (Å²) in [4.78, 5) is 15.5. The average Bonchev–Trinajstić information content (AvgIpc) is 2.64. The molecule has 2 aromatic heterocycles. The Balaban J connectivity index is 1.61. The SMILES string of the molecule is Fc1cc(N2CCc3nc(-c4ccccn4)ncc3C2)ccc1Br. The second kappa shape index (κ2) is 6.28. The number of halogens is 2. The first-order valence-corrected chi connectivity index (χ1v) is 8.46. The summed E-state index contributed by atoms with van der Waals surface area (Å²) in [5.74, 6) is 0.400. The van der Waals surface area contributed by atoms with E-state index in [2.05, 4.69) is 35.8 Å². The molecule has 6 heteroatoms. The second-order valence-corrected chi connectivity index (χ2v) is 6.50. The molecule has 0 saturated carbocycles. The van der Waals surface area contributed by atoms with Crippen LogP contribution in [-0.4, -0.2) is 21.5 Å². The van der Waals surface area contributed by atoms with Gasteiger partial charge in [0.2, 0.25) is 0 Å². The Kier molecular flexibility index (Phi) is 3.98. The normalized spacial score (nSPS) is 13.7. The van der Waals surface area contributed by atoms with Crippen LogP contribution in [0.5, 0.6) is 0 Å². The van der Waals surface area contributed by atoms with E-state index in [4.69, 9.17) is 0 Å². The Morgan fingerprint density at radius 3 is 2.83 bits per heavy atom. The summed E-state index contributed by atoms with van der Waals surface area (Å²) >= 11 is 3.19. The lowest BCUT2D eigenvalue weighted by Gasteiger charge is -2.30. The molecule has 0 saturated heterocycles. The lowest BCUT2D eigenvalue weighted by molar-refractivity contribution is 0.618. The Morgan fingerprint density at radius 2 is 2.04 bits per heavy atom. The number of fused-ring (bicyclic) bond motifs is 1. The average molecular weight is 385 g/mol. The van der Waals surface area contributed by atoms with Gasteiger partial charge in [-0.2, -0.15) is 0 Å². The smallest absolute Gasteiger partial charge is 0.178 e. The highest BCUT2D eigenvalue weighted by Gasteiger charge is 2.20. The number of pyridine rings is 1. The van der Waals surface area contributed by atoms with E-state index >= 15 is 0 Å². The summed E-state index contributed by atoms with van der Waals surface area (Å²) < 4.78 is 14.2. The first-order chi connectivity index (χ1) is 11.7. The highest BCUT2D eigenvalue weighted by molar-refractivity contribution is 9.10. The lowest BCUT2D eigenvalue weighted by Crippen LogP contribution is -2.31. The molecule has 0 amide bonds. The maximum atomic E-state index is 13.8. The van der Waals surface area contributed by atoms with Gasteiger partial charge in [-0.3, -0.25) is 4.98 Å². The molecule has 0 N–H and O–H groups in total. The van der Waals surface area contributed by atoms with E-state index in [0.29, 0.717) is 16.8 Å². The van der Waals surface area contributed by atoms with Crippen molar-refractivity contribution in [1.82, 2.24) is 15.0 Å². The van der Waals surface area contributed by atoms with Gasteiger partial charge in [-0.1, -0.05) is 6.07 Å². The third-order valence-corrected chi connectivity index (χ3v) is 4.74. The second-order valence-electron chi connectivity index (χ2n) is 5.65. The van der Waals surface area contributed by atoms with E-state index in [1.165, 1.54) is 0 Å². The monoisotopic (exact) mass is 384 g/mol. The van der Waals surface area contributed by atoms with Gasteiger partial charge in [0.1, 0.15) is 11.5 Å². The summed E-state index contributed by atoms with van der Waals surface area (Å²) in [6, 6.07) is 10.9. The summed E-state index contributed by atoms with van der Waals surface area (Å²) in [6.07, 6.45) is 4.39. The predicted molar refractivity (Wildman–Crippen MR) is 94.1 cm³/mol. The molecule has 0 spiro atoms. The van der Waals surface area contributed by atoms with Crippen molar-refractivity contribution in [3.05, 3.63) is 70.3 Å². The molecular weight excluding hydrogens is 371 g/mol. The van der Waals surface area contributed by atoms with Crippen LogP contribution in [0.15, 0.2) is 53.3 Å². The van der Waals surface area contributed by atoms with E-state index in [1.54, 1.807) is 18.3 Å². The summed E-state index contributed by atoms with van der Waals surface area (Å²) in [5, 5.41) is 0. The van der Waals surface area contributed by atoms with Gasteiger partial charge in [0, 0.05) is 43.2 Å². The molecule has 3 aromatic rings. The van der Waals surface area contributed by atoms with Gasteiger partial charge in [-0.25, -0.2) is 14.4 Å². The van der Waals surface area contributed by atoms with Gasteiger partial charge in [-0.05, 0) is 46.3 Å². The highest BCUT2D eigenvalue weighted by Crippen LogP contribution is 2.27. The standard InChI is InChI=1S/C18H14BrFN4/c19-14-5-4-13(9-15(14)20)24-8-6-16-12(11-24)10-22-18(23-16)17-3-1-2-7-21-17/h1-5,7,9-10H,6,8,11H2. The summed E-state index contributed by atoms with van der Waals surface area (Å²) in [6.45, 7) is 1.48. The maximum absolute atomic E-state index is 13.8. The van der Waals surface area contributed by atoms with Crippen LogP contribution in [0.1, 0.15) is 11.3 Å². The van der Waals surface area contributed by atoms with Crippen molar-refractivity contribution in [2.75, 3.05) is 11.4 Å². The molecule has 0 fully saturated rings. The van der Waals surface area contributed by atoms with Crippen LogP contribution in [-0.2, 0) is 13.0 Å². The molecule has 3 heterocycles. The molecular formula is C18H14BrFN4. The molecule has 0 aliphatic carbocycles. The third-order valence-electron chi connectivity index (χ3n) is 4.10. The van der Waals surface area contributed by atoms with Crippen LogP contribution in [0.3, 0.4) is 0 Å². The van der Waals surface area contributed by atoms with Crippen LogP contribution in [0.25, 0.3) is 11.5 Å². The zero-order valence-electron chi connectivity index (χ0n) is 12.8. The minimum Gasteiger partial charge on any atom is -0.367 e. The minimum absolute atomic E-state index is 0.250. The number of hydrogen-bond acceptors (Lipinski definition) is 4. The Labute approximate surface area is 147 Å². The molecule has 0 unspecified atom stereocenters. The number of aromatic nitrogens is 3. The number of benzene rings is 1. The van der Waals surface area contributed by atoms with Gasteiger partial charge < -0.3 is 4.90 Å². The summed E-state index contributed by atoms with van der Waals surface area (Å²) in [7, 11) is 0. The van der Waals surface area contributed by atoms with Crippen LogP contribution in [0, 0.1) is 5.82 Å². The van der Waals surface area contributed by atoms with Crippen LogP contribution >= 0.6 is 15.9 Å². The molecule has 0 radical (unpaired) electrons. The number of rotatable bonds is 2. The Morgan fingerprint density at radius 1 is 1.12 bits per heavy atom. The topological polar surface area (TPSA) is 41.9 Å². The third kappa shape index (κ3) is 2.89. The van der Waals surface area contributed by atoms with Gasteiger partial charge >= 0.3 is 0 Å². The maximum Gasteiger partial charge on any atom is 0.178 e. The van der Waals surface area contributed by atoms with Crippen LogP contribution in [0.4, 0.5) is 10.1 Å². The molecule has 24 heavy (non-hydrogen) atoms. The Hall–Kier alpha value is -2.34. The number of anilines is 1. The molecule has 120 valence electrons. The molecule has 4 rings (SSSR count). The number of hydrogen-bond donors (Lipinski definition) is 0. The summed E-state index contributed by atoms with van der Waals surface area (Å²) in [5.41, 5.74) is 3.76. The largest absolute Gasteiger partial charge is 0.367 e. The van der Waals surface area contributed by atoms with Crippen molar-refractivity contribution in [3.8, 4) is 11.5 Å². The van der Waals surface area contributed by atoms with Crippen LogP contribution in [0.2, 0.25) is 0 Å². The Bertz CT molecular complexity index is 885. The minimum atomic E-state index is -0.250. The van der Waals surface area contributed by atoms with E-state index in [1.807, 2.05) is 30.5 Å². The first kappa shape index (κ1) is 15.2. The molecule has 1 aliphatic heterocycles. The van der Waals surface area contributed by atoms with Crippen molar-refractivity contribution >= 4 is 21.6 Å². The van der Waals surface area contributed by atoms with Crippen molar-refractivity contribution in [1.29, 1.82) is 0 Å². The molecule has 4 nitrogen and oxygen atoms in total. The van der Waals surface area contributed by atoms with Gasteiger partial charge in [-0.15, -0.1) is 0 Å². The fraction of sp³-hybridized carbons (Fsp3) is 0.167. The van der Waals surface area contributed by atoms with Crippen LogP contribution < -0.4 is 4.90 Å². The fourth-order valence-electron chi connectivity index (χ4n) is 2.84. The number of nitrogens with zero attached hydrogens (tertiary/aromatic N) is 4. The predicted octanol–water partition coefficient (Wildman–Crippen LogP) is 4.00. The van der Waals surface area contributed by atoms with Crippen molar-refractivity contribution in [2.24, 2.45) is 0 Å². The molecule has 0 atom stereocenters. The fourth-order valence-corrected chi connectivity index (χ4v) is 3.08. The van der Waals surface area contributed by atoms with E-state index in [-0.39, 0.29) is 5.82 Å². The van der Waals surface area contributed by atoms with Crippen molar-refractivity contribution in [3.63, 3.8) is 0 Å². The molecule has 0 bridgehead atoms. The zero-order chi connectivity index (χ0) is 16.5. The van der Waals surface area contributed by atoms with E-state index in [0.717, 1.165) is 35.6 Å². The lowest BCUT2D eigenvalue weighted by atomic mass is 10.1. The van der Waals surface area contributed by atoms with Crippen molar-refractivity contribution in [2.45, 2.75) is 13.0 Å². The van der Waals surface area contributed by atoms with Gasteiger partial charge in [0.25, 0.3) is 0 Å². The first-order valence-electron chi connectivity index (χ1n) is 7.67.